The topological polar surface area (TPSA) is 72.6 Å². The summed E-state index contributed by atoms with van der Waals surface area (Å²) in [6, 6.07) is 14.1. The van der Waals surface area contributed by atoms with Crippen molar-refractivity contribution in [1.29, 1.82) is 0 Å². The third-order valence-corrected chi connectivity index (χ3v) is 2.49. The second kappa shape index (κ2) is 5.23. The second-order valence-electron chi connectivity index (χ2n) is 3.79. The highest BCUT2D eigenvalue weighted by Crippen LogP contribution is 2.27. The highest BCUT2D eigenvalue weighted by atomic mass is 16.5. The maximum Gasteiger partial charge on any atom is 0.256 e. The van der Waals surface area contributed by atoms with Gasteiger partial charge in [0, 0.05) is 0 Å². The number of phenols is 1. The maximum atomic E-state index is 11.2. The van der Waals surface area contributed by atoms with E-state index in [1.54, 1.807) is 12.1 Å². The number of carbonyl (C=O) groups is 1. The first-order chi connectivity index (χ1) is 8.68. The maximum absolute atomic E-state index is 11.2. The summed E-state index contributed by atoms with van der Waals surface area (Å²) < 4.78 is 5.50. The number of hydrogen-bond donors (Lipinski definition) is 2. The van der Waals surface area contributed by atoms with E-state index in [0.29, 0.717) is 6.61 Å². The molecule has 0 atom stereocenters. The summed E-state index contributed by atoms with van der Waals surface area (Å²) in [5.74, 6) is -0.601. The van der Waals surface area contributed by atoms with Crippen LogP contribution in [0.1, 0.15) is 15.9 Å². The van der Waals surface area contributed by atoms with Gasteiger partial charge >= 0.3 is 0 Å². The van der Waals surface area contributed by atoms with Crippen LogP contribution in [-0.4, -0.2) is 11.0 Å². The molecule has 0 spiro atoms. The Hall–Kier alpha value is -2.49. The van der Waals surface area contributed by atoms with Crippen LogP contribution in [0.3, 0.4) is 0 Å². The summed E-state index contributed by atoms with van der Waals surface area (Å²) in [5.41, 5.74) is 6.18. The zero-order valence-corrected chi connectivity index (χ0v) is 9.67. The largest absolute Gasteiger partial charge is 0.507 e. The Bertz CT molecular complexity index is 552. The Morgan fingerprint density at radius 3 is 2.50 bits per heavy atom. The number of carbonyl (C=O) groups excluding carboxylic acids is 1. The number of hydrogen-bond acceptors (Lipinski definition) is 3. The average molecular weight is 243 g/mol. The summed E-state index contributed by atoms with van der Waals surface area (Å²) in [5, 5.41) is 9.58. The van der Waals surface area contributed by atoms with Crippen LogP contribution in [0.25, 0.3) is 0 Å². The quantitative estimate of drug-likeness (QED) is 0.863. The molecule has 18 heavy (non-hydrogen) atoms. The molecule has 92 valence electrons. The molecule has 1 amide bonds. The zero-order chi connectivity index (χ0) is 13.0. The molecule has 0 aliphatic rings. The summed E-state index contributed by atoms with van der Waals surface area (Å²) in [4.78, 5) is 11.2. The predicted octanol–water partition coefficient (Wildman–Crippen LogP) is 2.07. The van der Waals surface area contributed by atoms with Gasteiger partial charge in [0.1, 0.15) is 23.7 Å². The van der Waals surface area contributed by atoms with Crippen LogP contribution >= 0.6 is 0 Å². The van der Waals surface area contributed by atoms with Gasteiger partial charge in [-0.1, -0.05) is 36.4 Å². The van der Waals surface area contributed by atoms with Gasteiger partial charge in [-0.25, -0.2) is 0 Å². The molecule has 4 heteroatoms. The Morgan fingerprint density at radius 1 is 1.11 bits per heavy atom. The van der Waals surface area contributed by atoms with Crippen molar-refractivity contribution in [3.05, 3.63) is 59.7 Å². The van der Waals surface area contributed by atoms with Crippen LogP contribution < -0.4 is 10.5 Å². The molecule has 0 aliphatic carbocycles. The number of rotatable bonds is 4. The van der Waals surface area contributed by atoms with E-state index >= 15 is 0 Å². The molecule has 0 aliphatic heterocycles. The molecule has 4 nitrogen and oxygen atoms in total. The first kappa shape index (κ1) is 12.0. The van der Waals surface area contributed by atoms with Crippen LogP contribution in [0.5, 0.6) is 11.5 Å². The molecule has 0 heterocycles. The van der Waals surface area contributed by atoms with Gasteiger partial charge in [-0.2, -0.15) is 0 Å². The fourth-order valence-electron chi connectivity index (χ4n) is 1.62. The molecule has 0 bridgehead atoms. The van der Waals surface area contributed by atoms with Crippen LogP contribution in [0.4, 0.5) is 0 Å². The van der Waals surface area contributed by atoms with E-state index in [9.17, 15) is 9.90 Å². The summed E-state index contributed by atoms with van der Waals surface area (Å²) >= 11 is 0. The lowest BCUT2D eigenvalue weighted by atomic mass is 10.1. The second-order valence-corrected chi connectivity index (χ2v) is 3.79. The van der Waals surface area contributed by atoms with Crippen molar-refractivity contribution < 1.29 is 14.6 Å². The van der Waals surface area contributed by atoms with Crippen molar-refractivity contribution in [3.63, 3.8) is 0 Å². The third-order valence-electron chi connectivity index (χ3n) is 2.49. The molecule has 0 unspecified atom stereocenters. The van der Waals surface area contributed by atoms with E-state index in [1.165, 1.54) is 6.07 Å². The van der Waals surface area contributed by atoms with Crippen molar-refractivity contribution in [2.24, 2.45) is 5.73 Å². The summed E-state index contributed by atoms with van der Waals surface area (Å²) in [7, 11) is 0. The van der Waals surface area contributed by atoms with Crippen molar-refractivity contribution in [1.82, 2.24) is 0 Å². The lowest BCUT2D eigenvalue weighted by molar-refractivity contribution is 0.0993. The Kier molecular flexibility index (Phi) is 3.48. The predicted molar refractivity (Wildman–Crippen MR) is 67.4 cm³/mol. The van der Waals surface area contributed by atoms with Crippen molar-refractivity contribution in [2.75, 3.05) is 0 Å². The van der Waals surface area contributed by atoms with Gasteiger partial charge in [-0.05, 0) is 17.7 Å². The van der Waals surface area contributed by atoms with Gasteiger partial charge < -0.3 is 15.6 Å². The number of benzene rings is 2. The number of aromatic hydroxyl groups is 1. The highest BCUT2D eigenvalue weighted by Gasteiger charge is 2.14. The zero-order valence-electron chi connectivity index (χ0n) is 9.67. The van der Waals surface area contributed by atoms with Gasteiger partial charge in [-0.3, -0.25) is 4.79 Å². The summed E-state index contributed by atoms with van der Waals surface area (Å²) in [6.07, 6.45) is 0. The molecular weight excluding hydrogens is 230 g/mol. The molecule has 2 rings (SSSR count). The number of ether oxygens (including phenoxy) is 1. The molecule has 3 N–H and O–H groups in total. The highest BCUT2D eigenvalue weighted by molar-refractivity contribution is 5.98. The van der Waals surface area contributed by atoms with Crippen LogP contribution in [0, 0.1) is 0 Å². The normalized spacial score (nSPS) is 10.0. The van der Waals surface area contributed by atoms with Crippen LogP contribution in [-0.2, 0) is 6.61 Å². The molecule has 0 radical (unpaired) electrons. The van der Waals surface area contributed by atoms with E-state index in [-0.39, 0.29) is 17.1 Å². The Morgan fingerprint density at radius 2 is 1.83 bits per heavy atom. The third kappa shape index (κ3) is 2.60. The van der Waals surface area contributed by atoms with Crippen molar-refractivity contribution in [2.45, 2.75) is 6.61 Å². The van der Waals surface area contributed by atoms with E-state index in [1.807, 2.05) is 30.3 Å². The van der Waals surface area contributed by atoms with E-state index in [2.05, 4.69) is 0 Å². The SMILES string of the molecule is NC(=O)c1c(O)cccc1OCc1ccccc1. The van der Waals surface area contributed by atoms with Crippen LogP contribution in [0.15, 0.2) is 48.5 Å². The van der Waals surface area contributed by atoms with Gasteiger partial charge in [0.2, 0.25) is 0 Å². The van der Waals surface area contributed by atoms with Crippen LogP contribution in [0.2, 0.25) is 0 Å². The molecule has 2 aromatic rings. The first-order valence-electron chi connectivity index (χ1n) is 5.47. The van der Waals surface area contributed by atoms with Gasteiger partial charge in [0.25, 0.3) is 5.91 Å². The van der Waals surface area contributed by atoms with E-state index in [0.717, 1.165) is 5.56 Å². The Balaban J connectivity index is 2.20. The average Bonchev–Trinajstić information content (AvgIpc) is 2.37. The molecule has 0 saturated heterocycles. The van der Waals surface area contributed by atoms with Crippen molar-refractivity contribution in [3.8, 4) is 11.5 Å². The fraction of sp³-hybridized carbons (Fsp3) is 0.0714. The first-order valence-corrected chi connectivity index (χ1v) is 5.47. The van der Waals surface area contributed by atoms with E-state index in [4.69, 9.17) is 10.5 Å². The Labute approximate surface area is 105 Å². The van der Waals surface area contributed by atoms with Gasteiger partial charge in [-0.15, -0.1) is 0 Å². The number of nitrogens with two attached hydrogens (primary N) is 1. The molecular formula is C14H13NO3. The number of primary amides is 1. The minimum absolute atomic E-state index is 0.00781. The van der Waals surface area contributed by atoms with E-state index < -0.39 is 5.91 Å². The van der Waals surface area contributed by atoms with Gasteiger partial charge in [0.05, 0.1) is 0 Å². The molecule has 2 aromatic carbocycles. The molecule has 0 saturated carbocycles. The smallest absolute Gasteiger partial charge is 0.256 e. The van der Waals surface area contributed by atoms with Gasteiger partial charge in [0.15, 0.2) is 0 Å². The minimum atomic E-state index is -0.712. The lowest BCUT2D eigenvalue weighted by Crippen LogP contribution is -2.13. The lowest BCUT2D eigenvalue weighted by Gasteiger charge is -2.10. The summed E-state index contributed by atoms with van der Waals surface area (Å²) in [6.45, 7) is 0.310. The van der Waals surface area contributed by atoms with Crippen molar-refractivity contribution >= 4 is 5.91 Å². The monoisotopic (exact) mass is 243 g/mol. The fourth-order valence-corrected chi connectivity index (χ4v) is 1.62. The number of amides is 1. The molecule has 0 aromatic heterocycles. The minimum Gasteiger partial charge on any atom is -0.507 e. The standard InChI is InChI=1S/C14H13NO3/c15-14(17)13-11(16)7-4-8-12(13)18-9-10-5-2-1-3-6-10/h1-8,16H,9H2,(H2,15,17). The molecule has 0 fully saturated rings.